The highest BCUT2D eigenvalue weighted by Gasteiger charge is 2.03. The molecule has 0 atom stereocenters. The van der Waals surface area contributed by atoms with E-state index in [0.29, 0.717) is 13.0 Å². The van der Waals surface area contributed by atoms with Crippen LogP contribution in [-0.2, 0) is 17.6 Å². The summed E-state index contributed by atoms with van der Waals surface area (Å²) < 4.78 is 0. The van der Waals surface area contributed by atoms with E-state index in [1.54, 1.807) is 0 Å². The molecule has 104 valence electrons. The highest BCUT2D eigenvalue weighted by atomic mass is 16.1. The molecule has 0 saturated carbocycles. The summed E-state index contributed by atoms with van der Waals surface area (Å²) in [7, 11) is 0. The number of hydrogen-bond donors (Lipinski definition) is 2. The van der Waals surface area contributed by atoms with Gasteiger partial charge >= 0.3 is 0 Å². The number of hydrogen-bond acceptors (Lipinski definition) is 2. The van der Waals surface area contributed by atoms with E-state index in [2.05, 4.69) is 5.32 Å². The van der Waals surface area contributed by atoms with Gasteiger partial charge in [-0.3, -0.25) is 4.79 Å². The third-order valence-corrected chi connectivity index (χ3v) is 3.15. The van der Waals surface area contributed by atoms with Crippen molar-refractivity contribution in [3.63, 3.8) is 0 Å². The molecule has 0 heterocycles. The third-order valence-electron chi connectivity index (χ3n) is 3.15. The quantitative estimate of drug-likeness (QED) is 0.846. The summed E-state index contributed by atoms with van der Waals surface area (Å²) in [4.78, 5) is 11.9. The Kier molecular flexibility index (Phi) is 5.33. The molecule has 0 unspecified atom stereocenters. The van der Waals surface area contributed by atoms with Gasteiger partial charge < -0.3 is 11.1 Å². The molecule has 0 bridgehead atoms. The average Bonchev–Trinajstić information content (AvgIpc) is 2.49. The van der Waals surface area contributed by atoms with Gasteiger partial charge in [0.2, 0.25) is 5.91 Å². The topological polar surface area (TPSA) is 55.1 Å². The number of aryl methyl sites for hydroxylation is 1. The lowest BCUT2D eigenvalue weighted by Gasteiger charge is -2.06. The number of nitrogens with one attached hydrogen (secondary N) is 1. The van der Waals surface area contributed by atoms with Gasteiger partial charge in [0.1, 0.15) is 0 Å². The van der Waals surface area contributed by atoms with Crippen LogP contribution >= 0.6 is 0 Å². The number of amides is 1. The molecule has 2 aromatic carbocycles. The molecule has 3 nitrogen and oxygen atoms in total. The lowest BCUT2D eigenvalue weighted by atomic mass is 10.1. The van der Waals surface area contributed by atoms with E-state index in [9.17, 15) is 4.79 Å². The maximum atomic E-state index is 11.9. The fourth-order valence-electron chi connectivity index (χ4n) is 2.05. The Balaban J connectivity index is 1.82. The Morgan fingerprint density at radius 3 is 2.20 bits per heavy atom. The van der Waals surface area contributed by atoms with Crippen molar-refractivity contribution < 1.29 is 4.79 Å². The molecule has 3 N–H and O–H groups in total. The predicted octanol–water partition coefficient (Wildman–Crippen LogP) is 2.76. The zero-order valence-corrected chi connectivity index (χ0v) is 11.5. The number of carbonyl (C=O) groups is 1. The number of anilines is 1. The average molecular weight is 268 g/mol. The minimum Gasteiger partial charge on any atom is -0.330 e. The van der Waals surface area contributed by atoms with Crippen LogP contribution in [0.3, 0.4) is 0 Å². The van der Waals surface area contributed by atoms with E-state index in [-0.39, 0.29) is 5.91 Å². The lowest BCUT2D eigenvalue weighted by molar-refractivity contribution is -0.116. The highest BCUT2D eigenvalue weighted by Crippen LogP contribution is 2.11. The van der Waals surface area contributed by atoms with E-state index in [1.165, 1.54) is 11.1 Å². The summed E-state index contributed by atoms with van der Waals surface area (Å²) in [6, 6.07) is 17.9. The van der Waals surface area contributed by atoms with Crippen LogP contribution in [0.25, 0.3) is 0 Å². The Labute approximate surface area is 119 Å². The molecule has 0 aliphatic carbocycles. The molecule has 1 amide bonds. The van der Waals surface area contributed by atoms with Gasteiger partial charge in [-0.25, -0.2) is 0 Å². The Morgan fingerprint density at radius 2 is 1.55 bits per heavy atom. The molecule has 0 aliphatic rings. The second-order valence-corrected chi connectivity index (χ2v) is 4.77. The van der Waals surface area contributed by atoms with Crippen LogP contribution in [0.2, 0.25) is 0 Å². The molecule has 0 aromatic heterocycles. The van der Waals surface area contributed by atoms with Crippen molar-refractivity contribution in [1.82, 2.24) is 0 Å². The highest BCUT2D eigenvalue weighted by molar-refractivity contribution is 5.90. The first-order valence-electron chi connectivity index (χ1n) is 6.91. The zero-order chi connectivity index (χ0) is 14.2. The second-order valence-electron chi connectivity index (χ2n) is 4.77. The first kappa shape index (κ1) is 14.3. The molecule has 2 aromatic rings. The van der Waals surface area contributed by atoms with E-state index >= 15 is 0 Å². The molecule has 20 heavy (non-hydrogen) atoms. The smallest absolute Gasteiger partial charge is 0.224 e. The summed E-state index contributed by atoms with van der Waals surface area (Å²) in [6.07, 6.45) is 2.12. The maximum Gasteiger partial charge on any atom is 0.224 e. The van der Waals surface area contributed by atoms with E-state index in [0.717, 1.165) is 18.5 Å². The number of nitrogens with two attached hydrogens (primary N) is 1. The van der Waals surface area contributed by atoms with Crippen LogP contribution in [0.15, 0.2) is 54.6 Å². The van der Waals surface area contributed by atoms with Crippen molar-refractivity contribution in [1.29, 1.82) is 0 Å². The number of benzene rings is 2. The molecular formula is C17H20N2O. The van der Waals surface area contributed by atoms with Crippen LogP contribution in [-0.4, -0.2) is 12.5 Å². The summed E-state index contributed by atoms with van der Waals surface area (Å²) in [5.74, 6) is 0.0421. The fourth-order valence-corrected chi connectivity index (χ4v) is 2.05. The molecule has 0 saturated heterocycles. The van der Waals surface area contributed by atoms with Crippen LogP contribution in [0.1, 0.15) is 17.5 Å². The lowest BCUT2D eigenvalue weighted by Crippen LogP contribution is -2.12. The van der Waals surface area contributed by atoms with Gasteiger partial charge in [-0.1, -0.05) is 42.5 Å². The molecule has 2 rings (SSSR count). The first-order valence-corrected chi connectivity index (χ1v) is 6.91. The van der Waals surface area contributed by atoms with Gasteiger partial charge in [-0.15, -0.1) is 0 Å². The second kappa shape index (κ2) is 7.46. The van der Waals surface area contributed by atoms with E-state index in [1.807, 2.05) is 54.6 Å². The first-order chi connectivity index (χ1) is 9.78. The maximum absolute atomic E-state index is 11.9. The van der Waals surface area contributed by atoms with Crippen molar-refractivity contribution in [2.45, 2.75) is 19.3 Å². The Morgan fingerprint density at radius 1 is 0.900 bits per heavy atom. The van der Waals surface area contributed by atoms with Crippen LogP contribution in [0.5, 0.6) is 0 Å². The Bertz CT molecular complexity index is 535. The van der Waals surface area contributed by atoms with Gasteiger partial charge in [-0.2, -0.15) is 0 Å². The standard InChI is InChI=1S/C17H20N2O/c18-13-12-15-6-9-16(10-7-15)19-17(20)11-8-14-4-2-1-3-5-14/h1-7,9-10H,8,11-13,18H2,(H,19,20). The van der Waals surface area contributed by atoms with Crippen molar-refractivity contribution in [3.8, 4) is 0 Å². The largest absolute Gasteiger partial charge is 0.330 e. The van der Waals surface area contributed by atoms with E-state index in [4.69, 9.17) is 5.73 Å². The third kappa shape index (κ3) is 4.52. The molecular weight excluding hydrogens is 248 g/mol. The summed E-state index contributed by atoms with van der Waals surface area (Å²) in [5, 5.41) is 2.91. The number of carbonyl (C=O) groups excluding carboxylic acids is 1. The molecule has 0 aliphatic heterocycles. The van der Waals surface area contributed by atoms with Gasteiger partial charge in [0.25, 0.3) is 0 Å². The monoisotopic (exact) mass is 268 g/mol. The zero-order valence-electron chi connectivity index (χ0n) is 11.5. The van der Waals surface area contributed by atoms with Crippen molar-refractivity contribution >= 4 is 11.6 Å². The predicted molar refractivity (Wildman–Crippen MR) is 82.6 cm³/mol. The fraction of sp³-hybridized carbons (Fsp3) is 0.235. The summed E-state index contributed by atoms with van der Waals surface area (Å²) in [5.41, 5.74) is 8.71. The van der Waals surface area contributed by atoms with Crippen LogP contribution in [0, 0.1) is 0 Å². The minimum absolute atomic E-state index is 0.0421. The molecule has 0 radical (unpaired) electrons. The number of rotatable bonds is 6. The Hall–Kier alpha value is -2.13. The van der Waals surface area contributed by atoms with Crippen LogP contribution in [0.4, 0.5) is 5.69 Å². The van der Waals surface area contributed by atoms with Gasteiger partial charge in [-0.05, 0) is 42.6 Å². The van der Waals surface area contributed by atoms with E-state index < -0.39 is 0 Å². The summed E-state index contributed by atoms with van der Waals surface area (Å²) >= 11 is 0. The van der Waals surface area contributed by atoms with Crippen LogP contribution < -0.4 is 11.1 Å². The SMILES string of the molecule is NCCc1ccc(NC(=O)CCc2ccccc2)cc1. The van der Waals surface area contributed by atoms with Crippen molar-refractivity contribution in [2.75, 3.05) is 11.9 Å². The van der Waals surface area contributed by atoms with Gasteiger partial charge in [0.05, 0.1) is 0 Å². The molecule has 0 spiro atoms. The van der Waals surface area contributed by atoms with Gasteiger partial charge in [0.15, 0.2) is 0 Å². The normalized spacial score (nSPS) is 10.2. The minimum atomic E-state index is 0.0421. The van der Waals surface area contributed by atoms with Crippen molar-refractivity contribution in [2.24, 2.45) is 5.73 Å². The van der Waals surface area contributed by atoms with Crippen molar-refractivity contribution in [3.05, 3.63) is 65.7 Å². The molecule has 0 fully saturated rings. The van der Waals surface area contributed by atoms with Gasteiger partial charge in [0, 0.05) is 12.1 Å². The summed E-state index contributed by atoms with van der Waals surface area (Å²) in [6.45, 7) is 0.642. The molecule has 3 heteroatoms.